The Morgan fingerprint density at radius 3 is 2.44 bits per heavy atom. The van der Waals surface area contributed by atoms with Crippen LogP contribution in [0, 0.1) is 11.7 Å². The SMILES string of the molecule is CC(C)(C)c1ccc(-c2noc(CN3CCCC(C(=O)NCc4ccc(OCc5ccc(F)cc5)cc4)C3)n2)cc1. The Balaban J connectivity index is 1.08. The summed E-state index contributed by atoms with van der Waals surface area (Å²) < 4.78 is 24.4. The van der Waals surface area contributed by atoms with Gasteiger partial charge in [0.1, 0.15) is 18.2 Å². The minimum atomic E-state index is -0.264. The zero-order chi connectivity index (χ0) is 28.8. The summed E-state index contributed by atoms with van der Waals surface area (Å²) in [6, 6.07) is 22.2. The molecule has 0 radical (unpaired) electrons. The number of ether oxygens (including phenoxy) is 1. The van der Waals surface area contributed by atoms with E-state index < -0.39 is 0 Å². The molecule has 4 aromatic rings. The van der Waals surface area contributed by atoms with E-state index in [1.54, 1.807) is 12.1 Å². The van der Waals surface area contributed by atoms with Crippen molar-refractivity contribution in [2.24, 2.45) is 5.92 Å². The molecule has 41 heavy (non-hydrogen) atoms. The van der Waals surface area contributed by atoms with Crippen LogP contribution in [0.4, 0.5) is 4.39 Å². The first-order chi connectivity index (χ1) is 19.7. The van der Waals surface area contributed by atoms with Gasteiger partial charge < -0.3 is 14.6 Å². The third-order valence-corrected chi connectivity index (χ3v) is 7.42. The third-order valence-electron chi connectivity index (χ3n) is 7.42. The average molecular weight is 557 g/mol. The summed E-state index contributed by atoms with van der Waals surface area (Å²) >= 11 is 0. The zero-order valence-electron chi connectivity index (χ0n) is 23.9. The smallest absolute Gasteiger partial charge is 0.241 e. The maximum Gasteiger partial charge on any atom is 0.241 e. The molecule has 1 unspecified atom stereocenters. The van der Waals surface area contributed by atoms with Gasteiger partial charge in [-0.15, -0.1) is 0 Å². The molecule has 7 nitrogen and oxygen atoms in total. The molecule has 0 bridgehead atoms. The highest BCUT2D eigenvalue weighted by atomic mass is 19.1. The van der Waals surface area contributed by atoms with Crippen LogP contribution in [0.1, 0.15) is 56.2 Å². The quantitative estimate of drug-likeness (QED) is 0.261. The maximum absolute atomic E-state index is 13.1. The van der Waals surface area contributed by atoms with Crippen LogP contribution in [0.2, 0.25) is 0 Å². The van der Waals surface area contributed by atoms with Gasteiger partial charge in [0, 0.05) is 18.7 Å². The fraction of sp³-hybridized carbons (Fsp3) is 0.364. The van der Waals surface area contributed by atoms with Gasteiger partial charge in [-0.1, -0.05) is 74.5 Å². The van der Waals surface area contributed by atoms with Crippen molar-refractivity contribution in [3.63, 3.8) is 0 Å². The van der Waals surface area contributed by atoms with Crippen molar-refractivity contribution >= 4 is 5.91 Å². The number of aromatic nitrogens is 2. The molecule has 3 aromatic carbocycles. The number of halogens is 1. The van der Waals surface area contributed by atoms with Crippen molar-refractivity contribution in [3.05, 3.63) is 101 Å². The van der Waals surface area contributed by atoms with Crippen molar-refractivity contribution in [3.8, 4) is 17.1 Å². The van der Waals surface area contributed by atoms with E-state index in [9.17, 15) is 9.18 Å². The second-order valence-electron chi connectivity index (χ2n) is 11.7. The minimum absolute atomic E-state index is 0.0523. The van der Waals surface area contributed by atoms with Gasteiger partial charge in [-0.2, -0.15) is 4.98 Å². The lowest BCUT2D eigenvalue weighted by Crippen LogP contribution is -2.42. The molecule has 1 N–H and O–H groups in total. The fourth-order valence-corrected chi connectivity index (χ4v) is 4.94. The molecule has 1 aliphatic rings. The second-order valence-corrected chi connectivity index (χ2v) is 11.7. The lowest BCUT2D eigenvalue weighted by molar-refractivity contribution is -0.127. The standard InChI is InChI=1S/C33H37FN4O3/c1-33(2,3)27-12-10-25(11-13-27)31-36-30(41-37-31)21-38-18-4-5-26(20-38)32(39)35-19-23-8-16-29(17-9-23)40-22-24-6-14-28(34)15-7-24/h6-17,26H,4-5,18-22H2,1-3H3,(H,35,39). The number of nitrogens with one attached hydrogen (secondary N) is 1. The molecule has 0 spiro atoms. The number of benzene rings is 3. The first kappa shape index (κ1) is 28.5. The van der Waals surface area contributed by atoms with Gasteiger partial charge in [-0.3, -0.25) is 9.69 Å². The Labute approximate surface area is 240 Å². The van der Waals surface area contributed by atoms with Gasteiger partial charge in [0.05, 0.1) is 12.5 Å². The number of piperidine rings is 1. The van der Waals surface area contributed by atoms with Crippen molar-refractivity contribution in [1.82, 2.24) is 20.4 Å². The Morgan fingerprint density at radius 1 is 1.02 bits per heavy atom. The molecule has 1 fully saturated rings. The Kier molecular flexibility index (Phi) is 8.78. The number of rotatable bonds is 9. The monoisotopic (exact) mass is 556 g/mol. The number of hydrogen-bond donors (Lipinski definition) is 1. The molecule has 8 heteroatoms. The Morgan fingerprint density at radius 2 is 1.73 bits per heavy atom. The van der Waals surface area contributed by atoms with Crippen LogP contribution in [-0.2, 0) is 29.9 Å². The van der Waals surface area contributed by atoms with Crippen LogP contribution in [-0.4, -0.2) is 34.0 Å². The molecular weight excluding hydrogens is 519 g/mol. The van der Waals surface area contributed by atoms with Crippen LogP contribution in [0.3, 0.4) is 0 Å². The third kappa shape index (κ3) is 7.79. The molecule has 2 heterocycles. The van der Waals surface area contributed by atoms with Crippen molar-refractivity contribution in [2.45, 2.75) is 58.7 Å². The van der Waals surface area contributed by atoms with E-state index in [4.69, 9.17) is 9.26 Å². The van der Waals surface area contributed by atoms with Gasteiger partial charge in [0.25, 0.3) is 0 Å². The molecule has 5 rings (SSSR count). The highest BCUT2D eigenvalue weighted by molar-refractivity contribution is 5.79. The molecule has 214 valence electrons. The summed E-state index contributed by atoms with van der Waals surface area (Å²) in [5, 5.41) is 7.27. The lowest BCUT2D eigenvalue weighted by Gasteiger charge is -2.30. The first-order valence-corrected chi connectivity index (χ1v) is 14.1. The zero-order valence-corrected chi connectivity index (χ0v) is 23.9. The second kappa shape index (κ2) is 12.6. The number of amides is 1. The first-order valence-electron chi connectivity index (χ1n) is 14.1. The number of nitrogens with zero attached hydrogens (tertiary/aromatic N) is 3. The molecule has 1 amide bonds. The summed E-state index contributed by atoms with van der Waals surface area (Å²) in [5.74, 6) is 1.56. The highest BCUT2D eigenvalue weighted by Crippen LogP contribution is 2.26. The van der Waals surface area contributed by atoms with Gasteiger partial charge >= 0.3 is 0 Å². The predicted octanol–water partition coefficient (Wildman–Crippen LogP) is 6.28. The van der Waals surface area contributed by atoms with Crippen LogP contribution >= 0.6 is 0 Å². The van der Waals surface area contributed by atoms with Crippen molar-refractivity contribution in [2.75, 3.05) is 13.1 Å². The molecular formula is C33H37FN4O3. The molecule has 0 aliphatic carbocycles. The van der Waals surface area contributed by atoms with Gasteiger partial charge in [0.2, 0.25) is 17.6 Å². The topological polar surface area (TPSA) is 80.5 Å². The van der Waals surface area contributed by atoms with Crippen molar-refractivity contribution < 1.29 is 18.4 Å². The lowest BCUT2D eigenvalue weighted by atomic mass is 9.87. The minimum Gasteiger partial charge on any atom is -0.489 e. The largest absolute Gasteiger partial charge is 0.489 e. The summed E-state index contributed by atoms with van der Waals surface area (Å²) in [7, 11) is 0. The highest BCUT2D eigenvalue weighted by Gasteiger charge is 2.27. The number of likely N-dealkylation sites (tertiary alicyclic amines) is 1. The normalized spacial score (nSPS) is 16.0. The Hall–Kier alpha value is -4.04. The molecule has 1 atom stereocenters. The maximum atomic E-state index is 13.1. The van der Waals surface area contributed by atoms with E-state index in [2.05, 4.69) is 53.3 Å². The fourth-order valence-electron chi connectivity index (χ4n) is 4.94. The van der Waals surface area contributed by atoms with Crippen LogP contribution in [0.15, 0.2) is 77.3 Å². The van der Waals surface area contributed by atoms with E-state index in [1.165, 1.54) is 17.7 Å². The van der Waals surface area contributed by atoms with E-state index in [1.807, 2.05) is 36.4 Å². The van der Waals surface area contributed by atoms with E-state index in [0.29, 0.717) is 38.0 Å². The number of carbonyl (C=O) groups excluding carboxylic acids is 1. The van der Waals surface area contributed by atoms with E-state index >= 15 is 0 Å². The summed E-state index contributed by atoms with van der Waals surface area (Å²) in [5.41, 5.74) is 4.16. The van der Waals surface area contributed by atoms with Crippen LogP contribution < -0.4 is 10.1 Å². The molecule has 1 saturated heterocycles. The molecule has 1 aromatic heterocycles. The van der Waals surface area contributed by atoms with Crippen LogP contribution in [0.25, 0.3) is 11.4 Å². The van der Waals surface area contributed by atoms with Crippen molar-refractivity contribution in [1.29, 1.82) is 0 Å². The van der Waals surface area contributed by atoms with Gasteiger partial charge in [-0.25, -0.2) is 4.39 Å². The molecule has 0 saturated carbocycles. The number of carbonyl (C=O) groups is 1. The van der Waals surface area contributed by atoms with E-state index in [-0.39, 0.29) is 23.1 Å². The summed E-state index contributed by atoms with van der Waals surface area (Å²) in [6.07, 6.45) is 1.79. The van der Waals surface area contributed by atoms with E-state index in [0.717, 1.165) is 41.8 Å². The Bertz CT molecular complexity index is 1430. The molecule has 1 aliphatic heterocycles. The van der Waals surface area contributed by atoms with Crippen LogP contribution in [0.5, 0.6) is 5.75 Å². The predicted molar refractivity (Wildman–Crippen MR) is 155 cm³/mol. The van der Waals surface area contributed by atoms with Gasteiger partial charge in [0.15, 0.2) is 0 Å². The summed E-state index contributed by atoms with van der Waals surface area (Å²) in [6.45, 7) is 9.45. The van der Waals surface area contributed by atoms with Gasteiger partial charge in [-0.05, 0) is 65.8 Å². The summed E-state index contributed by atoms with van der Waals surface area (Å²) in [4.78, 5) is 19.8. The number of hydrogen-bond acceptors (Lipinski definition) is 6. The average Bonchev–Trinajstić information content (AvgIpc) is 3.44.